The molecule has 0 fully saturated rings. The van der Waals surface area contributed by atoms with Gasteiger partial charge in [0.15, 0.2) is 0 Å². The van der Waals surface area contributed by atoms with Gasteiger partial charge in [0.1, 0.15) is 16.1 Å². The predicted octanol–water partition coefficient (Wildman–Crippen LogP) is 3.62. The zero-order valence-corrected chi connectivity index (χ0v) is 12.1. The van der Waals surface area contributed by atoms with E-state index in [1.54, 1.807) is 12.1 Å². The van der Waals surface area contributed by atoms with Gasteiger partial charge in [-0.2, -0.15) is 0 Å². The van der Waals surface area contributed by atoms with Crippen LogP contribution in [0.4, 0.5) is 0 Å². The summed E-state index contributed by atoms with van der Waals surface area (Å²) in [6.45, 7) is 0.385. The van der Waals surface area contributed by atoms with Crippen molar-refractivity contribution >= 4 is 39.1 Å². The molecule has 0 aliphatic carbocycles. The van der Waals surface area contributed by atoms with Crippen molar-refractivity contribution in [2.24, 2.45) is 12.8 Å². The molecule has 0 bridgehead atoms. The number of nitrogens with two attached hydrogens (primary N) is 1. The fourth-order valence-corrected chi connectivity index (χ4v) is 2.35. The average molecular weight is 335 g/mol. The summed E-state index contributed by atoms with van der Waals surface area (Å²) in [6.07, 6.45) is 0. The van der Waals surface area contributed by atoms with Crippen molar-refractivity contribution in [2.75, 3.05) is 0 Å². The summed E-state index contributed by atoms with van der Waals surface area (Å²) in [6, 6.07) is 5.42. The topological polar surface area (TPSA) is 43.8 Å². The zero-order chi connectivity index (χ0) is 12.6. The molecule has 2 N–H and O–H groups in total. The van der Waals surface area contributed by atoms with Gasteiger partial charge in [-0.3, -0.25) is 0 Å². The van der Waals surface area contributed by atoms with Crippen molar-refractivity contribution in [3.8, 4) is 11.3 Å². The van der Waals surface area contributed by atoms with Crippen molar-refractivity contribution in [1.82, 2.24) is 9.55 Å². The van der Waals surface area contributed by atoms with Crippen LogP contribution in [-0.4, -0.2) is 9.55 Å². The first-order valence-corrected chi connectivity index (χ1v) is 6.46. The van der Waals surface area contributed by atoms with E-state index in [0.29, 0.717) is 16.6 Å². The van der Waals surface area contributed by atoms with Gasteiger partial charge in [-0.1, -0.05) is 29.3 Å². The second-order valence-electron chi connectivity index (χ2n) is 3.56. The Kier molecular flexibility index (Phi) is 3.78. The number of hydrogen-bond acceptors (Lipinski definition) is 2. The lowest BCUT2D eigenvalue weighted by molar-refractivity contribution is 0.781. The zero-order valence-electron chi connectivity index (χ0n) is 9.04. The summed E-state index contributed by atoms with van der Waals surface area (Å²) >= 11 is 15.4. The molecular formula is C11H10BrCl2N3. The van der Waals surface area contributed by atoms with E-state index in [4.69, 9.17) is 28.9 Å². The van der Waals surface area contributed by atoms with Gasteiger partial charge in [0.25, 0.3) is 0 Å². The second kappa shape index (κ2) is 4.98. The van der Waals surface area contributed by atoms with E-state index in [-0.39, 0.29) is 0 Å². The number of imidazole rings is 1. The molecule has 0 amide bonds. The van der Waals surface area contributed by atoms with Crippen molar-refractivity contribution in [3.05, 3.63) is 38.7 Å². The van der Waals surface area contributed by atoms with E-state index < -0.39 is 0 Å². The molecule has 0 saturated heterocycles. The minimum Gasteiger partial charge on any atom is -0.324 e. The molecule has 0 aliphatic heterocycles. The lowest BCUT2D eigenvalue weighted by atomic mass is 10.2. The van der Waals surface area contributed by atoms with Crippen LogP contribution < -0.4 is 5.73 Å². The van der Waals surface area contributed by atoms with E-state index >= 15 is 0 Å². The normalized spacial score (nSPS) is 10.9. The molecule has 0 saturated carbocycles. The minimum atomic E-state index is 0.385. The summed E-state index contributed by atoms with van der Waals surface area (Å²) < 4.78 is 2.77. The van der Waals surface area contributed by atoms with Gasteiger partial charge in [-0.25, -0.2) is 4.98 Å². The minimum absolute atomic E-state index is 0.385. The fourth-order valence-electron chi connectivity index (χ4n) is 1.53. The van der Waals surface area contributed by atoms with Crippen molar-refractivity contribution in [3.63, 3.8) is 0 Å². The van der Waals surface area contributed by atoms with Gasteiger partial charge >= 0.3 is 0 Å². The molecule has 17 heavy (non-hydrogen) atoms. The number of halogens is 3. The average Bonchev–Trinajstić information content (AvgIpc) is 2.60. The van der Waals surface area contributed by atoms with Crippen LogP contribution in [0.25, 0.3) is 11.3 Å². The van der Waals surface area contributed by atoms with E-state index in [9.17, 15) is 0 Å². The molecule has 1 aromatic carbocycles. The maximum Gasteiger partial charge on any atom is 0.123 e. The third-order valence-corrected chi connectivity index (χ3v) is 4.14. The van der Waals surface area contributed by atoms with Crippen LogP contribution >= 0.6 is 39.1 Å². The van der Waals surface area contributed by atoms with Gasteiger partial charge in [-0.05, 0) is 28.1 Å². The van der Waals surface area contributed by atoms with Crippen molar-refractivity contribution in [1.29, 1.82) is 0 Å². The maximum atomic E-state index is 5.99. The van der Waals surface area contributed by atoms with Crippen molar-refractivity contribution in [2.45, 2.75) is 6.54 Å². The number of hydrogen-bond donors (Lipinski definition) is 1. The Balaban J connectivity index is 2.56. The summed E-state index contributed by atoms with van der Waals surface area (Å²) in [5.74, 6) is 0.804. The maximum absolute atomic E-state index is 5.99. The Hall–Kier alpha value is -0.550. The van der Waals surface area contributed by atoms with Crippen LogP contribution in [-0.2, 0) is 13.6 Å². The summed E-state index contributed by atoms with van der Waals surface area (Å²) in [4.78, 5) is 4.46. The fraction of sp³-hybridized carbons (Fsp3) is 0.182. The quantitative estimate of drug-likeness (QED) is 0.911. The van der Waals surface area contributed by atoms with Crippen LogP contribution in [0.5, 0.6) is 0 Å². The smallest absolute Gasteiger partial charge is 0.123 e. The predicted molar refractivity (Wildman–Crippen MR) is 74.3 cm³/mol. The van der Waals surface area contributed by atoms with E-state index in [0.717, 1.165) is 21.7 Å². The molecule has 6 heteroatoms. The molecule has 3 nitrogen and oxygen atoms in total. The van der Waals surface area contributed by atoms with Crippen LogP contribution in [0.3, 0.4) is 0 Å². The first-order valence-electron chi connectivity index (χ1n) is 4.91. The molecule has 0 spiro atoms. The first kappa shape index (κ1) is 12.9. The molecule has 2 rings (SSSR count). The lowest BCUT2D eigenvalue weighted by Gasteiger charge is -2.01. The molecule has 0 radical (unpaired) electrons. The molecule has 0 unspecified atom stereocenters. The third kappa shape index (κ3) is 2.36. The second-order valence-corrected chi connectivity index (χ2v) is 5.13. The Bertz CT molecular complexity index is 566. The van der Waals surface area contributed by atoms with Crippen molar-refractivity contribution < 1.29 is 0 Å². The summed E-state index contributed by atoms with van der Waals surface area (Å²) in [5.41, 5.74) is 7.33. The standard InChI is InChI=1S/C11H10BrCl2N3/c1-17-9(5-15)16-10(11(17)12)6-2-3-7(13)8(14)4-6/h2-4H,5,15H2,1H3. The largest absolute Gasteiger partial charge is 0.324 e. The van der Waals surface area contributed by atoms with Crippen LogP contribution in [0.2, 0.25) is 10.0 Å². The number of rotatable bonds is 2. The van der Waals surface area contributed by atoms with E-state index in [1.165, 1.54) is 0 Å². The van der Waals surface area contributed by atoms with Gasteiger partial charge < -0.3 is 10.3 Å². The molecule has 0 aliphatic rings. The van der Waals surface area contributed by atoms with Gasteiger partial charge in [0, 0.05) is 12.6 Å². The Morgan fingerprint density at radius 2 is 2.06 bits per heavy atom. The lowest BCUT2D eigenvalue weighted by Crippen LogP contribution is -2.04. The van der Waals surface area contributed by atoms with E-state index in [1.807, 2.05) is 17.7 Å². The van der Waals surface area contributed by atoms with Crippen LogP contribution in [0.15, 0.2) is 22.8 Å². The van der Waals surface area contributed by atoms with Gasteiger partial charge in [0.2, 0.25) is 0 Å². The van der Waals surface area contributed by atoms with Gasteiger partial charge in [0.05, 0.1) is 16.6 Å². The highest BCUT2D eigenvalue weighted by Gasteiger charge is 2.14. The van der Waals surface area contributed by atoms with Gasteiger partial charge in [-0.15, -0.1) is 0 Å². The number of aromatic nitrogens is 2. The Labute approximate surface area is 118 Å². The van der Waals surface area contributed by atoms with E-state index in [2.05, 4.69) is 20.9 Å². The monoisotopic (exact) mass is 333 g/mol. The highest BCUT2D eigenvalue weighted by atomic mass is 79.9. The highest BCUT2D eigenvalue weighted by Crippen LogP contribution is 2.32. The molecule has 0 atom stereocenters. The molecule has 90 valence electrons. The molecule has 2 aromatic rings. The number of nitrogens with zero attached hydrogens (tertiary/aromatic N) is 2. The highest BCUT2D eigenvalue weighted by molar-refractivity contribution is 9.10. The molecular weight excluding hydrogens is 325 g/mol. The molecule has 1 heterocycles. The SMILES string of the molecule is Cn1c(CN)nc(-c2ccc(Cl)c(Cl)c2)c1Br. The summed E-state index contributed by atoms with van der Waals surface area (Å²) in [7, 11) is 1.90. The Morgan fingerprint density at radius 3 is 2.59 bits per heavy atom. The van der Waals surface area contributed by atoms with Crippen LogP contribution in [0.1, 0.15) is 5.82 Å². The third-order valence-electron chi connectivity index (χ3n) is 2.49. The van der Waals surface area contributed by atoms with Crippen LogP contribution in [0, 0.1) is 0 Å². The first-order chi connectivity index (χ1) is 8.04. The number of benzene rings is 1. The molecule has 1 aromatic heterocycles. The Morgan fingerprint density at radius 1 is 1.35 bits per heavy atom. The summed E-state index contributed by atoms with van der Waals surface area (Å²) in [5, 5.41) is 1.04.